The van der Waals surface area contributed by atoms with Crippen molar-refractivity contribution in [3.8, 4) is 0 Å². The first kappa shape index (κ1) is 15.8. The smallest absolute Gasteiger partial charge is 0.211 e. The van der Waals surface area contributed by atoms with Crippen LogP contribution in [0.25, 0.3) is 0 Å². The second kappa shape index (κ2) is 5.84. The molecule has 0 aliphatic heterocycles. The predicted molar refractivity (Wildman–Crippen MR) is 86.5 cm³/mol. The summed E-state index contributed by atoms with van der Waals surface area (Å²) in [6, 6.07) is 0.174. The molecule has 4 aliphatic rings. The number of hydrogen-bond donors (Lipinski definition) is 1. The van der Waals surface area contributed by atoms with Crippen LogP contribution in [-0.4, -0.2) is 20.2 Å². The molecule has 0 radical (unpaired) electrons. The minimum Gasteiger partial charge on any atom is -0.212 e. The van der Waals surface area contributed by atoms with E-state index in [0.717, 1.165) is 37.0 Å². The fourth-order valence-corrected chi connectivity index (χ4v) is 7.49. The molecular formula is C17H31NO2S. The summed E-state index contributed by atoms with van der Waals surface area (Å²) in [7, 11) is -3.10. The Morgan fingerprint density at radius 3 is 2.00 bits per heavy atom. The molecule has 4 rings (SSSR count). The number of sulfonamides is 1. The molecule has 0 spiro atoms. The van der Waals surface area contributed by atoms with E-state index in [1.54, 1.807) is 0 Å². The van der Waals surface area contributed by atoms with E-state index in [1.165, 1.54) is 38.5 Å². The van der Waals surface area contributed by atoms with Crippen molar-refractivity contribution in [3.63, 3.8) is 0 Å². The quantitative estimate of drug-likeness (QED) is 0.779. The second-order valence-electron chi connectivity index (χ2n) is 8.03. The molecule has 122 valence electrons. The summed E-state index contributed by atoms with van der Waals surface area (Å²) in [6.07, 6.45) is 10.7. The molecule has 0 heterocycles. The van der Waals surface area contributed by atoms with Crippen LogP contribution in [0.5, 0.6) is 0 Å². The Morgan fingerprint density at radius 1 is 1.05 bits per heavy atom. The van der Waals surface area contributed by atoms with Crippen molar-refractivity contribution in [3.05, 3.63) is 0 Å². The topological polar surface area (TPSA) is 46.2 Å². The van der Waals surface area contributed by atoms with E-state index >= 15 is 0 Å². The highest BCUT2D eigenvalue weighted by atomic mass is 32.2. The molecule has 1 unspecified atom stereocenters. The largest absolute Gasteiger partial charge is 0.212 e. The minimum atomic E-state index is -3.10. The predicted octanol–water partition coefficient (Wildman–Crippen LogP) is 3.70. The number of rotatable bonds is 7. The fraction of sp³-hybridized carbons (Fsp3) is 1.00. The van der Waals surface area contributed by atoms with Crippen LogP contribution in [0.3, 0.4) is 0 Å². The Hall–Kier alpha value is -0.0900. The summed E-state index contributed by atoms with van der Waals surface area (Å²) in [5.74, 6) is 2.94. The summed E-state index contributed by atoms with van der Waals surface area (Å²) >= 11 is 0. The molecule has 1 N–H and O–H groups in total. The monoisotopic (exact) mass is 313 g/mol. The standard InChI is InChI=1S/C17H31NO2S/c1-3-5-6-21(19,20)18-16(4-2)17-10-13-7-14(11-17)9-15(8-13)12-17/h13-16,18H,3-12H2,1-2H3. The third kappa shape index (κ3) is 3.17. The maximum absolute atomic E-state index is 12.3. The van der Waals surface area contributed by atoms with Crippen molar-refractivity contribution in [2.24, 2.45) is 23.2 Å². The molecule has 0 amide bonds. The molecule has 0 aromatic heterocycles. The molecule has 4 heteroatoms. The third-order valence-corrected chi connectivity index (χ3v) is 7.79. The van der Waals surface area contributed by atoms with Crippen molar-refractivity contribution < 1.29 is 8.42 Å². The zero-order valence-electron chi connectivity index (χ0n) is 13.6. The molecule has 0 aromatic rings. The molecule has 4 saturated carbocycles. The highest BCUT2D eigenvalue weighted by molar-refractivity contribution is 7.89. The first-order chi connectivity index (χ1) is 9.96. The summed E-state index contributed by atoms with van der Waals surface area (Å²) in [4.78, 5) is 0. The highest BCUT2D eigenvalue weighted by Crippen LogP contribution is 2.61. The van der Waals surface area contributed by atoms with Gasteiger partial charge in [-0.3, -0.25) is 0 Å². The van der Waals surface area contributed by atoms with Gasteiger partial charge in [-0.15, -0.1) is 0 Å². The Labute approximate surface area is 130 Å². The van der Waals surface area contributed by atoms with Gasteiger partial charge < -0.3 is 0 Å². The average molecular weight is 314 g/mol. The second-order valence-corrected chi connectivity index (χ2v) is 9.90. The average Bonchev–Trinajstić information content (AvgIpc) is 2.41. The Bertz CT molecular complexity index is 436. The van der Waals surface area contributed by atoms with Crippen molar-refractivity contribution >= 4 is 10.0 Å². The normalized spacial score (nSPS) is 39.6. The van der Waals surface area contributed by atoms with Gasteiger partial charge in [0, 0.05) is 6.04 Å². The Kier molecular flexibility index (Phi) is 4.39. The lowest BCUT2D eigenvalue weighted by atomic mass is 9.47. The lowest BCUT2D eigenvalue weighted by Gasteiger charge is -2.59. The summed E-state index contributed by atoms with van der Waals surface area (Å²) in [5, 5.41) is 0. The third-order valence-electron chi connectivity index (χ3n) is 6.32. The van der Waals surface area contributed by atoms with E-state index in [4.69, 9.17) is 0 Å². The molecule has 4 fully saturated rings. The molecule has 4 aliphatic carbocycles. The van der Waals surface area contributed by atoms with Gasteiger partial charge in [0.25, 0.3) is 0 Å². The zero-order chi connectivity index (χ0) is 15.1. The lowest BCUT2D eigenvalue weighted by molar-refractivity contribution is -0.0704. The zero-order valence-corrected chi connectivity index (χ0v) is 14.4. The van der Waals surface area contributed by atoms with E-state index in [1.807, 2.05) is 6.92 Å². The van der Waals surface area contributed by atoms with Gasteiger partial charge in [-0.25, -0.2) is 13.1 Å². The number of nitrogens with one attached hydrogen (secondary N) is 1. The van der Waals surface area contributed by atoms with Crippen LogP contribution < -0.4 is 4.72 Å². The molecule has 3 nitrogen and oxygen atoms in total. The summed E-state index contributed by atoms with van der Waals surface area (Å²) in [5.41, 5.74) is 0.281. The first-order valence-corrected chi connectivity index (χ1v) is 10.6. The SMILES string of the molecule is CCCCS(=O)(=O)NC(CC)C12CC3CC(CC(C3)C1)C2. The van der Waals surface area contributed by atoms with E-state index in [9.17, 15) is 8.42 Å². The van der Waals surface area contributed by atoms with Gasteiger partial charge in [0.05, 0.1) is 5.75 Å². The minimum absolute atomic E-state index is 0.174. The fourth-order valence-electron chi connectivity index (χ4n) is 5.86. The maximum Gasteiger partial charge on any atom is 0.211 e. The van der Waals surface area contributed by atoms with Gasteiger partial charge in [-0.05, 0) is 74.5 Å². The molecule has 1 atom stereocenters. The van der Waals surface area contributed by atoms with E-state index in [-0.39, 0.29) is 11.5 Å². The van der Waals surface area contributed by atoms with Crippen molar-refractivity contribution in [2.45, 2.75) is 77.7 Å². The van der Waals surface area contributed by atoms with Crippen LogP contribution in [0.4, 0.5) is 0 Å². The van der Waals surface area contributed by atoms with Gasteiger partial charge in [0.15, 0.2) is 0 Å². The Balaban J connectivity index is 1.74. The van der Waals surface area contributed by atoms with E-state index in [0.29, 0.717) is 5.75 Å². The van der Waals surface area contributed by atoms with E-state index in [2.05, 4.69) is 11.6 Å². The number of hydrogen-bond acceptors (Lipinski definition) is 2. The van der Waals surface area contributed by atoms with Crippen molar-refractivity contribution in [1.29, 1.82) is 0 Å². The molecule has 21 heavy (non-hydrogen) atoms. The lowest BCUT2D eigenvalue weighted by Crippen LogP contribution is -2.56. The van der Waals surface area contributed by atoms with Gasteiger partial charge >= 0.3 is 0 Å². The van der Waals surface area contributed by atoms with Crippen LogP contribution >= 0.6 is 0 Å². The maximum atomic E-state index is 12.3. The van der Waals surface area contributed by atoms with Gasteiger partial charge in [0.1, 0.15) is 0 Å². The first-order valence-electron chi connectivity index (χ1n) is 8.96. The van der Waals surface area contributed by atoms with Crippen LogP contribution in [-0.2, 0) is 10.0 Å². The Morgan fingerprint density at radius 2 is 1.57 bits per heavy atom. The van der Waals surface area contributed by atoms with Crippen LogP contribution in [0.1, 0.15) is 71.6 Å². The van der Waals surface area contributed by atoms with Gasteiger partial charge in [-0.1, -0.05) is 20.3 Å². The molecular weight excluding hydrogens is 282 g/mol. The van der Waals surface area contributed by atoms with Crippen LogP contribution in [0.15, 0.2) is 0 Å². The molecule has 0 saturated heterocycles. The van der Waals surface area contributed by atoms with Gasteiger partial charge in [-0.2, -0.15) is 0 Å². The highest BCUT2D eigenvalue weighted by Gasteiger charge is 2.54. The number of unbranched alkanes of at least 4 members (excludes halogenated alkanes) is 1. The van der Waals surface area contributed by atoms with Crippen molar-refractivity contribution in [1.82, 2.24) is 4.72 Å². The van der Waals surface area contributed by atoms with Crippen LogP contribution in [0.2, 0.25) is 0 Å². The van der Waals surface area contributed by atoms with E-state index < -0.39 is 10.0 Å². The van der Waals surface area contributed by atoms with Crippen molar-refractivity contribution in [2.75, 3.05) is 5.75 Å². The summed E-state index contributed by atoms with van der Waals surface area (Å²) < 4.78 is 27.8. The molecule has 4 bridgehead atoms. The molecule has 0 aromatic carbocycles. The van der Waals surface area contributed by atoms with Crippen LogP contribution in [0, 0.1) is 23.2 Å². The van der Waals surface area contributed by atoms with Gasteiger partial charge in [0.2, 0.25) is 10.0 Å². The summed E-state index contributed by atoms with van der Waals surface area (Å²) in [6.45, 7) is 4.21.